The molecule has 1 saturated carbocycles. The topological polar surface area (TPSA) is 29.1 Å². The third-order valence-corrected chi connectivity index (χ3v) is 5.10. The minimum atomic E-state index is -0.378. The van der Waals surface area contributed by atoms with Crippen molar-refractivity contribution in [3.63, 3.8) is 0 Å². The third-order valence-electron chi connectivity index (χ3n) is 5.10. The molecule has 19 heavy (non-hydrogen) atoms. The van der Waals surface area contributed by atoms with Crippen molar-refractivity contribution in [2.75, 3.05) is 0 Å². The maximum Gasteiger partial charge on any atom is 0.230 e. The standard InChI is InChI=1S/C17H27NO/c1-12-10-13(2)17(4,14(3)11-12)16(19)18-15-8-6-5-7-9-15/h10-11,13,15H,5-9H2,1-4H3,(H,18,19). The van der Waals surface area contributed by atoms with Crippen LogP contribution in [0.25, 0.3) is 0 Å². The van der Waals surface area contributed by atoms with Crippen molar-refractivity contribution in [1.29, 1.82) is 0 Å². The van der Waals surface area contributed by atoms with Crippen molar-refractivity contribution in [3.05, 3.63) is 23.3 Å². The van der Waals surface area contributed by atoms with E-state index < -0.39 is 0 Å². The molecule has 2 aliphatic carbocycles. The molecule has 0 bridgehead atoms. The van der Waals surface area contributed by atoms with Gasteiger partial charge in [-0.05, 0) is 39.5 Å². The van der Waals surface area contributed by atoms with Crippen LogP contribution in [0, 0.1) is 11.3 Å². The molecule has 0 spiro atoms. The van der Waals surface area contributed by atoms with E-state index in [1.54, 1.807) is 0 Å². The molecule has 0 saturated heterocycles. The number of hydrogen-bond acceptors (Lipinski definition) is 1. The molecule has 0 aliphatic heterocycles. The summed E-state index contributed by atoms with van der Waals surface area (Å²) in [5.74, 6) is 0.477. The first-order chi connectivity index (χ1) is 8.94. The molecular weight excluding hydrogens is 234 g/mol. The van der Waals surface area contributed by atoms with Crippen LogP contribution < -0.4 is 5.32 Å². The molecule has 0 radical (unpaired) electrons. The van der Waals surface area contributed by atoms with E-state index in [2.05, 4.69) is 45.2 Å². The predicted molar refractivity (Wildman–Crippen MR) is 79.8 cm³/mol. The number of allylic oxidation sites excluding steroid dienone is 3. The third kappa shape index (κ3) is 2.77. The van der Waals surface area contributed by atoms with E-state index in [0.717, 1.165) is 12.8 Å². The predicted octanol–water partition coefficient (Wildman–Crippen LogP) is 3.98. The molecule has 0 heterocycles. The molecule has 2 nitrogen and oxygen atoms in total. The summed E-state index contributed by atoms with van der Waals surface area (Å²) in [4.78, 5) is 12.7. The highest BCUT2D eigenvalue weighted by Gasteiger charge is 2.41. The fourth-order valence-corrected chi connectivity index (χ4v) is 3.43. The first-order valence-corrected chi connectivity index (χ1v) is 7.62. The van der Waals surface area contributed by atoms with Gasteiger partial charge >= 0.3 is 0 Å². The Morgan fingerprint density at radius 2 is 1.89 bits per heavy atom. The average molecular weight is 261 g/mol. The first kappa shape index (κ1) is 14.4. The van der Waals surface area contributed by atoms with Crippen molar-refractivity contribution < 1.29 is 4.79 Å². The van der Waals surface area contributed by atoms with Crippen LogP contribution in [0.1, 0.15) is 59.8 Å². The smallest absolute Gasteiger partial charge is 0.230 e. The van der Waals surface area contributed by atoms with Gasteiger partial charge in [-0.2, -0.15) is 0 Å². The van der Waals surface area contributed by atoms with Gasteiger partial charge in [0, 0.05) is 6.04 Å². The molecule has 0 aromatic rings. The van der Waals surface area contributed by atoms with Crippen molar-refractivity contribution in [3.8, 4) is 0 Å². The molecule has 2 heteroatoms. The maximum absolute atomic E-state index is 12.7. The molecule has 2 unspecified atom stereocenters. The summed E-state index contributed by atoms with van der Waals surface area (Å²) >= 11 is 0. The Morgan fingerprint density at radius 1 is 1.26 bits per heavy atom. The van der Waals surface area contributed by atoms with Gasteiger partial charge in [-0.1, -0.05) is 49.5 Å². The fraction of sp³-hybridized carbons (Fsp3) is 0.706. The van der Waals surface area contributed by atoms with Gasteiger partial charge in [0.05, 0.1) is 5.41 Å². The molecule has 2 atom stereocenters. The average Bonchev–Trinajstić information content (AvgIpc) is 2.36. The Labute approximate surface area is 117 Å². The monoisotopic (exact) mass is 261 g/mol. The molecule has 106 valence electrons. The molecule has 2 rings (SSSR count). The Bertz CT molecular complexity index is 415. The summed E-state index contributed by atoms with van der Waals surface area (Å²) in [5, 5.41) is 3.30. The Morgan fingerprint density at radius 3 is 2.47 bits per heavy atom. The SMILES string of the molecule is CC1=CC(C)C(C)(C(=O)NC2CCCCC2)C(C)=C1. The van der Waals surface area contributed by atoms with Gasteiger partial charge in [-0.3, -0.25) is 4.79 Å². The Hall–Kier alpha value is -1.05. The van der Waals surface area contributed by atoms with Gasteiger partial charge in [0.25, 0.3) is 0 Å². The second-order valence-corrected chi connectivity index (χ2v) is 6.54. The summed E-state index contributed by atoms with van der Waals surface area (Å²) in [5.41, 5.74) is 2.08. The number of hydrogen-bond donors (Lipinski definition) is 1. The van der Waals surface area contributed by atoms with Crippen molar-refractivity contribution in [1.82, 2.24) is 5.32 Å². The lowest BCUT2D eigenvalue weighted by Crippen LogP contribution is -2.48. The lowest BCUT2D eigenvalue weighted by atomic mass is 9.68. The normalized spacial score (nSPS) is 32.5. The van der Waals surface area contributed by atoms with E-state index in [0.29, 0.717) is 6.04 Å². The second kappa shape index (κ2) is 5.52. The highest BCUT2D eigenvalue weighted by Crippen LogP contribution is 2.41. The molecule has 1 N–H and O–H groups in total. The summed E-state index contributed by atoms with van der Waals surface area (Å²) in [6.07, 6.45) is 10.5. The zero-order valence-electron chi connectivity index (χ0n) is 12.8. The molecule has 0 aromatic heterocycles. The van der Waals surface area contributed by atoms with Gasteiger partial charge in [-0.15, -0.1) is 0 Å². The van der Waals surface area contributed by atoms with E-state index in [9.17, 15) is 4.79 Å². The number of nitrogens with one attached hydrogen (secondary N) is 1. The zero-order chi connectivity index (χ0) is 14.0. The Kier molecular flexibility index (Phi) is 4.17. The molecular formula is C17H27NO. The van der Waals surface area contributed by atoms with E-state index in [4.69, 9.17) is 0 Å². The fourth-order valence-electron chi connectivity index (χ4n) is 3.43. The van der Waals surface area contributed by atoms with Crippen molar-refractivity contribution in [2.45, 2.75) is 65.8 Å². The lowest BCUT2D eigenvalue weighted by molar-refractivity contribution is -0.130. The molecule has 0 aromatic carbocycles. The first-order valence-electron chi connectivity index (χ1n) is 7.62. The highest BCUT2D eigenvalue weighted by molar-refractivity contribution is 5.86. The van der Waals surface area contributed by atoms with E-state index in [1.165, 1.54) is 30.4 Å². The summed E-state index contributed by atoms with van der Waals surface area (Å²) in [6.45, 7) is 8.44. The zero-order valence-corrected chi connectivity index (χ0v) is 12.8. The second-order valence-electron chi connectivity index (χ2n) is 6.54. The lowest BCUT2D eigenvalue weighted by Gasteiger charge is -2.38. The van der Waals surface area contributed by atoms with Gasteiger partial charge < -0.3 is 5.32 Å². The van der Waals surface area contributed by atoms with Crippen LogP contribution in [-0.2, 0) is 4.79 Å². The van der Waals surface area contributed by atoms with Crippen LogP contribution in [0.4, 0.5) is 0 Å². The van der Waals surface area contributed by atoms with Crippen LogP contribution in [0.5, 0.6) is 0 Å². The summed E-state index contributed by atoms with van der Waals surface area (Å²) < 4.78 is 0. The van der Waals surface area contributed by atoms with Crippen LogP contribution in [0.3, 0.4) is 0 Å². The maximum atomic E-state index is 12.7. The summed E-state index contributed by atoms with van der Waals surface area (Å²) in [7, 11) is 0. The molecule has 1 amide bonds. The largest absolute Gasteiger partial charge is 0.353 e. The molecule has 2 aliphatic rings. The van der Waals surface area contributed by atoms with Gasteiger partial charge in [-0.25, -0.2) is 0 Å². The minimum Gasteiger partial charge on any atom is -0.353 e. The van der Waals surface area contributed by atoms with E-state index in [-0.39, 0.29) is 17.2 Å². The van der Waals surface area contributed by atoms with Gasteiger partial charge in [0.2, 0.25) is 5.91 Å². The number of carbonyl (C=O) groups is 1. The van der Waals surface area contributed by atoms with Crippen LogP contribution in [0.2, 0.25) is 0 Å². The quantitative estimate of drug-likeness (QED) is 0.800. The van der Waals surface area contributed by atoms with Gasteiger partial charge in [0.15, 0.2) is 0 Å². The van der Waals surface area contributed by atoms with E-state index in [1.807, 2.05) is 0 Å². The van der Waals surface area contributed by atoms with Crippen molar-refractivity contribution >= 4 is 5.91 Å². The number of rotatable bonds is 2. The molecule has 1 fully saturated rings. The van der Waals surface area contributed by atoms with Crippen molar-refractivity contribution in [2.24, 2.45) is 11.3 Å². The number of amides is 1. The summed E-state index contributed by atoms with van der Waals surface area (Å²) in [6, 6.07) is 0.394. The Balaban J connectivity index is 2.10. The van der Waals surface area contributed by atoms with Gasteiger partial charge in [0.1, 0.15) is 0 Å². The van der Waals surface area contributed by atoms with Crippen LogP contribution >= 0.6 is 0 Å². The minimum absolute atomic E-state index is 0.212. The highest BCUT2D eigenvalue weighted by atomic mass is 16.2. The van der Waals surface area contributed by atoms with Crippen LogP contribution in [-0.4, -0.2) is 11.9 Å². The van der Waals surface area contributed by atoms with E-state index >= 15 is 0 Å². The number of carbonyl (C=O) groups excluding carboxylic acids is 1. The van der Waals surface area contributed by atoms with Crippen LogP contribution in [0.15, 0.2) is 23.3 Å².